The molecule has 2 heterocycles. The molecule has 0 fully saturated rings. The fourth-order valence-electron chi connectivity index (χ4n) is 2.17. The van der Waals surface area contributed by atoms with E-state index in [-0.39, 0.29) is 12.6 Å². The summed E-state index contributed by atoms with van der Waals surface area (Å²) in [7, 11) is 0. The van der Waals surface area contributed by atoms with Gasteiger partial charge in [-0.15, -0.1) is 10.2 Å². The summed E-state index contributed by atoms with van der Waals surface area (Å²) < 4.78 is 29.8. The van der Waals surface area contributed by atoms with Crippen LogP contribution in [0, 0.1) is 5.82 Å². The van der Waals surface area contributed by atoms with E-state index in [0.717, 1.165) is 5.56 Å². The molecule has 4 rings (SSSR count). The number of rotatable bonds is 4. The number of fused-ring (bicyclic) bond motifs is 1. The first-order chi connectivity index (χ1) is 11.3. The monoisotopic (exact) mass is 330 g/mol. The van der Waals surface area contributed by atoms with Crippen LogP contribution in [-0.2, 0) is 5.75 Å². The standard InChI is InChI=1S/C16H11FN2O3S/c17-12-4-2-1-3-11(12)8-23-16-19-18-15(22-16)10-5-6-13-14(7-10)21-9-20-13/h1-7H,8-9H2. The highest BCUT2D eigenvalue weighted by Crippen LogP contribution is 2.36. The van der Waals surface area contributed by atoms with Crippen molar-refractivity contribution in [1.29, 1.82) is 0 Å². The zero-order valence-electron chi connectivity index (χ0n) is 11.9. The van der Waals surface area contributed by atoms with Crippen LogP contribution in [-0.4, -0.2) is 17.0 Å². The molecule has 0 spiro atoms. The molecule has 0 radical (unpaired) electrons. The summed E-state index contributed by atoms with van der Waals surface area (Å²) in [4.78, 5) is 0. The molecule has 7 heteroatoms. The van der Waals surface area contributed by atoms with Crippen molar-refractivity contribution in [2.45, 2.75) is 11.0 Å². The van der Waals surface area contributed by atoms with Gasteiger partial charge in [0.2, 0.25) is 12.7 Å². The average Bonchev–Trinajstić information content (AvgIpc) is 3.22. The second kappa shape index (κ2) is 5.92. The molecule has 0 amide bonds. The predicted molar refractivity (Wildman–Crippen MR) is 81.8 cm³/mol. The lowest BCUT2D eigenvalue weighted by atomic mass is 10.2. The van der Waals surface area contributed by atoms with Crippen molar-refractivity contribution in [3.63, 3.8) is 0 Å². The molecule has 3 aromatic rings. The number of hydrogen-bond acceptors (Lipinski definition) is 6. The van der Waals surface area contributed by atoms with Gasteiger partial charge in [-0.1, -0.05) is 30.0 Å². The van der Waals surface area contributed by atoms with Crippen LogP contribution in [0.3, 0.4) is 0 Å². The van der Waals surface area contributed by atoms with Gasteiger partial charge < -0.3 is 13.9 Å². The van der Waals surface area contributed by atoms with E-state index in [1.54, 1.807) is 30.3 Å². The molecule has 2 aromatic carbocycles. The highest BCUT2D eigenvalue weighted by Gasteiger charge is 2.17. The molecule has 23 heavy (non-hydrogen) atoms. The lowest BCUT2D eigenvalue weighted by molar-refractivity contribution is 0.174. The van der Waals surface area contributed by atoms with Crippen LogP contribution in [0.2, 0.25) is 0 Å². The van der Waals surface area contributed by atoms with Gasteiger partial charge >= 0.3 is 0 Å². The molecule has 0 bridgehead atoms. The second-order valence-corrected chi connectivity index (χ2v) is 5.75. The minimum absolute atomic E-state index is 0.215. The highest BCUT2D eigenvalue weighted by atomic mass is 32.2. The van der Waals surface area contributed by atoms with Gasteiger partial charge in [0.05, 0.1) is 0 Å². The second-order valence-electron chi connectivity index (χ2n) is 4.82. The van der Waals surface area contributed by atoms with Gasteiger partial charge in [0.15, 0.2) is 11.5 Å². The Balaban J connectivity index is 1.50. The zero-order valence-corrected chi connectivity index (χ0v) is 12.7. The summed E-state index contributed by atoms with van der Waals surface area (Å²) in [6.07, 6.45) is 0. The summed E-state index contributed by atoms with van der Waals surface area (Å²) in [6, 6.07) is 12.0. The van der Waals surface area contributed by atoms with E-state index in [1.165, 1.54) is 17.8 Å². The molecule has 0 atom stereocenters. The fourth-order valence-corrected chi connectivity index (χ4v) is 2.92. The third-order valence-electron chi connectivity index (χ3n) is 3.33. The molecule has 1 aromatic heterocycles. The minimum Gasteiger partial charge on any atom is -0.454 e. The number of hydrogen-bond donors (Lipinski definition) is 0. The van der Waals surface area contributed by atoms with E-state index in [0.29, 0.717) is 33.9 Å². The molecule has 0 unspecified atom stereocenters. The van der Waals surface area contributed by atoms with Crippen LogP contribution in [0.1, 0.15) is 5.56 Å². The Morgan fingerprint density at radius 1 is 1.04 bits per heavy atom. The van der Waals surface area contributed by atoms with Gasteiger partial charge in [0.1, 0.15) is 5.82 Å². The Kier molecular flexibility index (Phi) is 3.63. The van der Waals surface area contributed by atoms with Crippen molar-refractivity contribution >= 4 is 11.8 Å². The van der Waals surface area contributed by atoms with E-state index >= 15 is 0 Å². The van der Waals surface area contributed by atoms with Gasteiger partial charge in [-0.3, -0.25) is 0 Å². The predicted octanol–water partition coefficient (Wildman–Crippen LogP) is 3.90. The Morgan fingerprint density at radius 3 is 2.83 bits per heavy atom. The number of ether oxygens (including phenoxy) is 2. The highest BCUT2D eigenvalue weighted by molar-refractivity contribution is 7.98. The maximum Gasteiger partial charge on any atom is 0.277 e. The molecule has 116 valence electrons. The molecular formula is C16H11FN2O3S. The van der Waals surface area contributed by atoms with Gasteiger partial charge in [0.25, 0.3) is 5.22 Å². The largest absolute Gasteiger partial charge is 0.454 e. The quantitative estimate of drug-likeness (QED) is 0.676. The molecule has 5 nitrogen and oxygen atoms in total. The molecule has 0 aliphatic carbocycles. The molecule has 0 N–H and O–H groups in total. The topological polar surface area (TPSA) is 57.4 Å². The lowest BCUT2D eigenvalue weighted by Crippen LogP contribution is -1.92. The number of nitrogens with zero attached hydrogens (tertiary/aromatic N) is 2. The summed E-state index contributed by atoms with van der Waals surface area (Å²) in [5, 5.41) is 8.39. The number of aromatic nitrogens is 2. The summed E-state index contributed by atoms with van der Waals surface area (Å²) in [6.45, 7) is 0.215. The van der Waals surface area contributed by atoms with Crippen molar-refractivity contribution in [2.24, 2.45) is 0 Å². The Morgan fingerprint density at radius 2 is 1.91 bits per heavy atom. The van der Waals surface area contributed by atoms with Crippen LogP contribution in [0.25, 0.3) is 11.5 Å². The number of thioether (sulfide) groups is 1. The Hall–Kier alpha value is -2.54. The minimum atomic E-state index is -0.240. The van der Waals surface area contributed by atoms with E-state index in [1.807, 2.05) is 6.07 Å². The molecule has 1 aliphatic heterocycles. The smallest absolute Gasteiger partial charge is 0.277 e. The van der Waals surface area contributed by atoms with Crippen LogP contribution in [0.4, 0.5) is 4.39 Å². The fraction of sp³-hybridized carbons (Fsp3) is 0.125. The summed E-state index contributed by atoms with van der Waals surface area (Å²) >= 11 is 1.29. The van der Waals surface area contributed by atoms with Crippen molar-refractivity contribution in [3.8, 4) is 23.0 Å². The van der Waals surface area contributed by atoms with E-state index < -0.39 is 0 Å². The first-order valence-corrected chi connectivity index (χ1v) is 7.88. The summed E-state index contributed by atoms with van der Waals surface area (Å²) in [5.41, 5.74) is 1.35. The van der Waals surface area contributed by atoms with Gasteiger partial charge in [-0.2, -0.15) is 0 Å². The SMILES string of the molecule is Fc1ccccc1CSc1nnc(-c2ccc3c(c2)OCO3)o1. The Bertz CT molecular complexity index is 853. The maximum atomic E-state index is 13.6. The number of halogens is 1. The van der Waals surface area contributed by atoms with Gasteiger partial charge in [0, 0.05) is 11.3 Å². The van der Waals surface area contributed by atoms with Crippen LogP contribution in [0.5, 0.6) is 11.5 Å². The number of benzene rings is 2. The molecule has 1 aliphatic rings. The first-order valence-electron chi connectivity index (χ1n) is 6.89. The van der Waals surface area contributed by atoms with Crippen LogP contribution >= 0.6 is 11.8 Å². The molecule has 0 saturated carbocycles. The summed E-state index contributed by atoms with van der Waals surface area (Å²) in [5.74, 6) is 1.92. The third kappa shape index (κ3) is 2.87. The van der Waals surface area contributed by atoms with Gasteiger partial charge in [-0.25, -0.2) is 4.39 Å². The Labute approximate surface area is 135 Å². The van der Waals surface area contributed by atoms with Crippen molar-refractivity contribution in [1.82, 2.24) is 10.2 Å². The zero-order chi connectivity index (χ0) is 15.6. The molecule has 0 saturated heterocycles. The van der Waals surface area contributed by atoms with E-state index in [9.17, 15) is 4.39 Å². The van der Waals surface area contributed by atoms with Gasteiger partial charge in [-0.05, 0) is 29.8 Å². The normalized spacial score (nSPS) is 12.6. The van der Waals surface area contributed by atoms with Crippen LogP contribution < -0.4 is 9.47 Å². The third-order valence-corrected chi connectivity index (χ3v) is 4.20. The van der Waals surface area contributed by atoms with Crippen molar-refractivity contribution in [3.05, 3.63) is 53.8 Å². The van der Waals surface area contributed by atoms with E-state index in [4.69, 9.17) is 13.9 Å². The van der Waals surface area contributed by atoms with Crippen LogP contribution in [0.15, 0.2) is 52.1 Å². The van der Waals surface area contributed by atoms with Crippen molar-refractivity contribution in [2.75, 3.05) is 6.79 Å². The van der Waals surface area contributed by atoms with E-state index in [2.05, 4.69) is 10.2 Å². The lowest BCUT2D eigenvalue weighted by Gasteiger charge is -1.99. The molecular weight excluding hydrogens is 319 g/mol. The maximum absolute atomic E-state index is 13.6. The van der Waals surface area contributed by atoms with Crippen molar-refractivity contribution < 1.29 is 18.3 Å². The average molecular weight is 330 g/mol. The first kappa shape index (κ1) is 14.1.